The third-order valence-electron chi connectivity index (χ3n) is 4.43. The zero-order valence-electron chi connectivity index (χ0n) is 13.8. The molecule has 3 heterocycles. The van der Waals surface area contributed by atoms with Gasteiger partial charge in [-0.2, -0.15) is 0 Å². The van der Waals surface area contributed by atoms with E-state index in [9.17, 15) is 4.79 Å². The van der Waals surface area contributed by atoms with Crippen LogP contribution in [0.2, 0.25) is 0 Å². The molecule has 1 aliphatic carbocycles. The number of aromatic nitrogens is 3. The summed E-state index contributed by atoms with van der Waals surface area (Å²) in [4.78, 5) is 21.3. The Morgan fingerprint density at radius 2 is 2.33 bits per heavy atom. The molecule has 1 N–H and O–H groups in total. The number of nitrogens with zero attached hydrogens (tertiary/aromatic N) is 3. The third kappa shape index (κ3) is 2.73. The summed E-state index contributed by atoms with van der Waals surface area (Å²) in [6, 6.07) is 3.73. The number of hydrogen-bond acceptors (Lipinski definition) is 4. The molecular formula is C18H20N4O2. The van der Waals surface area contributed by atoms with Gasteiger partial charge in [0.25, 0.3) is 0 Å². The highest BCUT2D eigenvalue weighted by Crippen LogP contribution is 2.31. The molecule has 0 spiro atoms. The van der Waals surface area contributed by atoms with Crippen molar-refractivity contribution in [2.24, 2.45) is 0 Å². The molecule has 0 saturated carbocycles. The van der Waals surface area contributed by atoms with E-state index in [1.807, 2.05) is 34.9 Å². The van der Waals surface area contributed by atoms with Crippen LogP contribution in [0, 0.1) is 0 Å². The number of fused-ring (bicyclic) bond motifs is 1. The van der Waals surface area contributed by atoms with Crippen molar-refractivity contribution in [1.82, 2.24) is 14.5 Å². The average molecular weight is 324 g/mol. The maximum Gasteiger partial charge on any atom is 0.229 e. The minimum absolute atomic E-state index is 0.0289. The van der Waals surface area contributed by atoms with Crippen LogP contribution in [0.25, 0.3) is 16.9 Å². The number of nitrogens with one attached hydrogen (secondary N) is 1. The molecule has 6 heteroatoms. The van der Waals surface area contributed by atoms with E-state index in [2.05, 4.69) is 29.1 Å². The van der Waals surface area contributed by atoms with Gasteiger partial charge in [0, 0.05) is 6.20 Å². The van der Waals surface area contributed by atoms with Crippen molar-refractivity contribution >= 4 is 28.7 Å². The highest BCUT2D eigenvalue weighted by molar-refractivity contribution is 5.93. The maximum absolute atomic E-state index is 12.4. The minimum Gasteiger partial charge on any atom is -0.372 e. The van der Waals surface area contributed by atoms with Gasteiger partial charge in [-0.3, -0.25) is 14.7 Å². The monoisotopic (exact) mass is 324 g/mol. The van der Waals surface area contributed by atoms with Crippen molar-refractivity contribution in [3.8, 4) is 0 Å². The first-order chi connectivity index (χ1) is 11.5. The fraction of sp³-hybridized carbons (Fsp3) is 0.389. The second kappa shape index (κ2) is 5.56. The molecule has 1 unspecified atom stereocenters. The smallest absolute Gasteiger partial charge is 0.229 e. The van der Waals surface area contributed by atoms with Gasteiger partial charge in [-0.05, 0) is 51.0 Å². The first-order valence-electron chi connectivity index (χ1n) is 8.22. The predicted molar refractivity (Wildman–Crippen MR) is 92.4 cm³/mol. The fourth-order valence-corrected chi connectivity index (χ4v) is 3.18. The quantitative estimate of drug-likeness (QED) is 0.938. The van der Waals surface area contributed by atoms with Crippen molar-refractivity contribution in [3.63, 3.8) is 0 Å². The van der Waals surface area contributed by atoms with Crippen molar-refractivity contribution < 1.29 is 9.53 Å². The zero-order chi connectivity index (χ0) is 16.7. The molecule has 124 valence electrons. The van der Waals surface area contributed by atoms with E-state index in [0.717, 1.165) is 29.7 Å². The van der Waals surface area contributed by atoms with Gasteiger partial charge in [0.15, 0.2) is 5.65 Å². The number of allylic oxidation sites excluding steroid dienone is 4. The van der Waals surface area contributed by atoms with Crippen LogP contribution in [0.1, 0.15) is 33.1 Å². The van der Waals surface area contributed by atoms with Crippen LogP contribution >= 0.6 is 0 Å². The Balaban J connectivity index is 1.55. The van der Waals surface area contributed by atoms with E-state index < -0.39 is 0 Å². The Morgan fingerprint density at radius 1 is 1.50 bits per heavy atom. The molecule has 1 amide bonds. The number of carbonyl (C=O) groups excluding carboxylic acids is 1. The SMILES string of the molecule is CC1(C)CCC(CC(=O)Nc2nc3cccnc3n2C2=CC=C2)O1. The minimum atomic E-state index is -0.135. The number of imidazole rings is 1. The lowest BCUT2D eigenvalue weighted by atomic mass is 10.0. The second-order valence-electron chi connectivity index (χ2n) is 6.86. The lowest BCUT2D eigenvalue weighted by molar-refractivity contribution is -0.119. The van der Waals surface area contributed by atoms with Gasteiger partial charge in [0.05, 0.1) is 23.8 Å². The normalized spacial score (nSPS) is 21.6. The van der Waals surface area contributed by atoms with Crippen molar-refractivity contribution in [1.29, 1.82) is 0 Å². The Kier molecular flexibility index (Phi) is 3.49. The van der Waals surface area contributed by atoms with Crippen LogP contribution < -0.4 is 5.32 Å². The topological polar surface area (TPSA) is 69.0 Å². The van der Waals surface area contributed by atoms with Crippen LogP contribution in [0.15, 0.2) is 36.6 Å². The standard InChI is InChI=1S/C18H20N4O2/c1-18(2)9-8-13(24-18)11-15(23)21-17-20-14-7-4-10-19-16(14)22(17)12-5-3-6-12/h3-7,10,13H,8-9,11H2,1-2H3,(H,20,21,23). The average Bonchev–Trinajstić information content (AvgIpc) is 2.98. The van der Waals surface area contributed by atoms with Crippen LogP contribution in [-0.2, 0) is 9.53 Å². The second-order valence-corrected chi connectivity index (χ2v) is 6.86. The summed E-state index contributed by atoms with van der Waals surface area (Å²) in [7, 11) is 0. The highest BCUT2D eigenvalue weighted by atomic mass is 16.5. The molecule has 2 aromatic heterocycles. The molecule has 0 bridgehead atoms. The number of ether oxygens (including phenoxy) is 1. The number of rotatable bonds is 4. The lowest BCUT2D eigenvalue weighted by Gasteiger charge is -2.19. The fourth-order valence-electron chi connectivity index (χ4n) is 3.18. The van der Waals surface area contributed by atoms with Crippen molar-refractivity contribution in [2.45, 2.75) is 44.8 Å². The predicted octanol–water partition coefficient (Wildman–Crippen LogP) is 3.13. The van der Waals surface area contributed by atoms with Gasteiger partial charge in [0.1, 0.15) is 5.52 Å². The Morgan fingerprint density at radius 3 is 3.00 bits per heavy atom. The van der Waals surface area contributed by atoms with E-state index >= 15 is 0 Å². The first-order valence-corrected chi connectivity index (χ1v) is 8.22. The molecule has 6 nitrogen and oxygen atoms in total. The summed E-state index contributed by atoms with van der Waals surface area (Å²) in [5.41, 5.74) is 2.32. The van der Waals surface area contributed by atoms with Gasteiger partial charge < -0.3 is 4.74 Å². The summed E-state index contributed by atoms with van der Waals surface area (Å²) in [5, 5.41) is 2.92. The number of pyridine rings is 1. The summed E-state index contributed by atoms with van der Waals surface area (Å²) in [6.07, 6.45) is 9.81. The molecule has 1 saturated heterocycles. The Hall–Kier alpha value is -2.47. The van der Waals surface area contributed by atoms with Crippen LogP contribution in [0.5, 0.6) is 0 Å². The molecule has 2 aromatic rings. The number of anilines is 1. The molecule has 4 rings (SSSR count). The Labute approximate surface area is 140 Å². The van der Waals surface area contributed by atoms with Gasteiger partial charge in [0.2, 0.25) is 11.9 Å². The van der Waals surface area contributed by atoms with Crippen LogP contribution in [-0.4, -0.2) is 32.1 Å². The van der Waals surface area contributed by atoms with Crippen LogP contribution in [0.4, 0.5) is 5.95 Å². The highest BCUT2D eigenvalue weighted by Gasteiger charge is 2.33. The van der Waals surface area contributed by atoms with E-state index in [1.54, 1.807) is 6.20 Å². The van der Waals surface area contributed by atoms with Gasteiger partial charge >= 0.3 is 0 Å². The van der Waals surface area contributed by atoms with E-state index in [-0.39, 0.29) is 17.6 Å². The zero-order valence-corrected chi connectivity index (χ0v) is 13.8. The molecular weight excluding hydrogens is 304 g/mol. The van der Waals surface area contributed by atoms with E-state index in [4.69, 9.17) is 4.74 Å². The number of amides is 1. The summed E-state index contributed by atoms with van der Waals surface area (Å²) in [6.45, 7) is 4.12. The van der Waals surface area contributed by atoms with Gasteiger partial charge in [-0.25, -0.2) is 9.97 Å². The molecule has 1 aliphatic heterocycles. The maximum atomic E-state index is 12.4. The Bertz CT molecular complexity index is 863. The summed E-state index contributed by atoms with van der Waals surface area (Å²) < 4.78 is 7.77. The number of hydrogen-bond donors (Lipinski definition) is 1. The van der Waals surface area contributed by atoms with Gasteiger partial charge in [-0.15, -0.1) is 0 Å². The molecule has 0 radical (unpaired) electrons. The molecule has 1 fully saturated rings. The first kappa shape index (κ1) is 15.1. The molecule has 24 heavy (non-hydrogen) atoms. The van der Waals surface area contributed by atoms with Crippen molar-refractivity contribution in [2.75, 3.05) is 5.32 Å². The van der Waals surface area contributed by atoms with Crippen LogP contribution in [0.3, 0.4) is 0 Å². The van der Waals surface area contributed by atoms with Crippen molar-refractivity contribution in [3.05, 3.63) is 36.6 Å². The van der Waals surface area contributed by atoms with Gasteiger partial charge in [-0.1, -0.05) is 6.08 Å². The molecule has 2 aliphatic rings. The van der Waals surface area contributed by atoms with E-state index in [0.29, 0.717) is 12.4 Å². The number of carbonyl (C=O) groups is 1. The third-order valence-corrected chi connectivity index (χ3v) is 4.43. The molecule has 1 atom stereocenters. The summed E-state index contributed by atoms with van der Waals surface area (Å²) in [5.74, 6) is 0.416. The lowest BCUT2D eigenvalue weighted by Crippen LogP contribution is -2.25. The summed E-state index contributed by atoms with van der Waals surface area (Å²) >= 11 is 0. The van der Waals surface area contributed by atoms with E-state index in [1.165, 1.54) is 0 Å². The molecule has 0 aromatic carbocycles. The largest absolute Gasteiger partial charge is 0.372 e.